The molecule has 1 aromatic heterocycles. The van der Waals surface area contributed by atoms with Crippen molar-refractivity contribution in [2.75, 3.05) is 0 Å². The molecule has 4 rings (SSSR count). The van der Waals surface area contributed by atoms with E-state index in [0.29, 0.717) is 0 Å². The van der Waals surface area contributed by atoms with E-state index in [1.54, 1.807) is 6.20 Å². The first-order chi connectivity index (χ1) is 12.4. The number of rotatable bonds is 5. The summed E-state index contributed by atoms with van der Waals surface area (Å²) in [5.41, 5.74) is 3.20. The molecule has 0 fully saturated rings. The van der Waals surface area contributed by atoms with Crippen LogP contribution in [0.25, 0.3) is 22.0 Å². The van der Waals surface area contributed by atoms with Gasteiger partial charge in [-0.25, -0.2) is 0 Å². The van der Waals surface area contributed by atoms with Crippen LogP contribution in [-0.2, 0) is 0 Å². The van der Waals surface area contributed by atoms with E-state index in [0.717, 1.165) is 28.0 Å². The SMILES string of the molecule is c1ccc(-c2cccc([O][Ga][O]c3cccc4cccnc34)c2)cc1. The second kappa shape index (κ2) is 7.46. The number of fused-ring (bicyclic) bond motifs is 1. The van der Waals surface area contributed by atoms with Gasteiger partial charge in [0, 0.05) is 0 Å². The van der Waals surface area contributed by atoms with Crippen LogP contribution in [0.15, 0.2) is 91.1 Å². The van der Waals surface area contributed by atoms with Gasteiger partial charge in [0.2, 0.25) is 0 Å². The van der Waals surface area contributed by atoms with Gasteiger partial charge in [-0.1, -0.05) is 0 Å². The van der Waals surface area contributed by atoms with Gasteiger partial charge in [-0.2, -0.15) is 0 Å². The molecule has 3 aromatic carbocycles. The molecular weight excluding hydrogens is 368 g/mol. The van der Waals surface area contributed by atoms with E-state index in [-0.39, 0.29) is 0 Å². The molecule has 0 aliphatic heterocycles. The number of aromatic nitrogens is 1. The Hall–Kier alpha value is -2.69. The Bertz CT molecular complexity index is 984. The van der Waals surface area contributed by atoms with Crippen molar-refractivity contribution < 1.29 is 7.06 Å². The van der Waals surface area contributed by atoms with E-state index in [9.17, 15) is 0 Å². The van der Waals surface area contributed by atoms with Crippen LogP contribution in [0.3, 0.4) is 0 Å². The second-order valence-electron chi connectivity index (χ2n) is 5.56. The summed E-state index contributed by atoms with van der Waals surface area (Å²) in [5.74, 6) is 1.63. The third-order valence-electron chi connectivity index (χ3n) is 3.90. The molecule has 0 amide bonds. The van der Waals surface area contributed by atoms with E-state index in [2.05, 4.69) is 29.2 Å². The maximum atomic E-state index is 5.94. The zero-order valence-corrected chi connectivity index (χ0v) is 15.9. The topological polar surface area (TPSA) is 31.4 Å². The molecule has 119 valence electrons. The Morgan fingerprint density at radius 3 is 2.40 bits per heavy atom. The minimum absolute atomic E-state index is 0.789. The van der Waals surface area contributed by atoms with Crippen molar-refractivity contribution in [2.24, 2.45) is 0 Å². The van der Waals surface area contributed by atoms with Gasteiger partial charge in [0.05, 0.1) is 0 Å². The van der Waals surface area contributed by atoms with Gasteiger partial charge in [0.15, 0.2) is 0 Å². The fraction of sp³-hybridized carbons (Fsp3) is 0. The molecule has 1 heterocycles. The number of hydrogen-bond acceptors (Lipinski definition) is 3. The average Bonchev–Trinajstić information content (AvgIpc) is 2.69. The van der Waals surface area contributed by atoms with Gasteiger partial charge in [0.1, 0.15) is 0 Å². The summed E-state index contributed by atoms with van der Waals surface area (Å²) in [4.78, 5) is 4.41. The molecule has 3 nitrogen and oxygen atoms in total. The van der Waals surface area contributed by atoms with E-state index >= 15 is 0 Å². The zero-order valence-electron chi connectivity index (χ0n) is 13.5. The predicted octanol–water partition coefficient (Wildman–Crippen LogP) is 4.89. The Balaban J connectivity index is 1.47. The van der Waals surface area contributed by atoms with Crippen molar-refractivity contribution >= 4 is 29.0 Å². The molecule has 0 aliphatic carbocycles. The van der Waals surface area contributed by atoms with Crippen molar-refractivity contribution in [1.29, 1.82) is 0 Å². The van der Waals surface area contributed by atoms with Gasteiger partial charge >= 0.3 is 155 Å². The quantitative estimate of drug-likeness (QED) is 0.460. The van der Waals surface area contributed by atoms with Gasteiger partial charge < -0.3 is 0 Å². The standard InChI is InChI=1S/C12H10O.C9H7NO.Ga/c13-12-8-4-7-11(9-12)10-5-2-1-3-6-10;11-8-5-1-3-7-4-2-6-10-9(7)8;/h1-9,13H;1-6,11H;/q;;+2/p-2. The molecule has 0 N–H and O–H groups in total. The zero-order chi connectivity index (χ0) is 16.9. The Morgan fingerprint density at radius 2 is 1.48 bits per heavy atom. The van der Waals surface area contributed by atoms with Gasteiger partial charge in [-0.05, 0) is 0 Å². The predicted molar refractivity (Wildman–Crippen MR) is 101 cm³/mol. The Labute approximate surface area is 154 Å². The molecular formula is C21H15GaNO2. The molecule has 0 bridgehead atoms. The molecule has 0 spiro atoms. The van der Waals surface area contributed by atoms with Crippen LogP contribution in [0, 0.1) is 0 Å². The number of pyridine rings is 1. The third kappa shape index (κ3) is 3.70. The number of hydrogen-bond donors (Lipinski definition) is 0. The van der Waals surface area contributed by atoms with Gasteiger partial charge in [-0.3, -0.25) is 0 Å². The van der Waals surface area contributed by atoms with Crippen molar-refractivity contribution in [3.63, 3.8) is 0 Å². The average molecular weight is 383 g/mol. The molecule has 4 heteroatoms. The molecule has 0 saturated carbocycles. The Kier molecular flexibility index (Phi) is 4.72. The number of nitrogens with zero attached hydrogens (tertiary/aromatic N) is 1. The summed E-state index contributed by atoms with van der Waals surface area (Å²) < 4.78 is 11.9. The molecule has 1 radical (unpaired) electrons. The summed E-state index contributed by atoms with van der Waals surface area (Å²) in [6.07, 6.45) is 1.78. The first-order valence-electron chi connectivity index (χ1n) is 8.04. The summed E-state index contributed by atoms with van der Waals surface area (Å²) in [5, 5.41) is 1.07. The molecule has 0 saturated heterocycles. The maximum absolute atomic E-state index is 5.94. The van der Waals surface area contributed by atoms with Gasteiger partial charge in [0.25, 0.3) is 0 Å². The summed E-state index contributed by atoms with van der Waals surface area (Å²) in [6, 6.07) is 28.3. The van der Waals surface area contributed by atoms with Crippen molar-refractivity contribution in [1.82, 2.24) is 4.98 Å². The van der Waals surface area contributed by atoms with Crippen LogP contribution in [-0.4, -0.2) is 23.1 Å². The van der Waals surface area contributed by atoms with Crippen LogP contribution >= 0.6 is 0 Å². The Morgan fingerprint density at radius 1 is 0.680 bits per heavy atom. The summed E-state index contributed by atoms with van der Waals surface area (Å²) in [6.45, 7) is 0. The van der Waals surface area contributed by atoms with Crippen molar-refractivity contribution in [3.05, 3.63) is 91.1 Å². The van der Waals surface area contributed by atoms with Crippen LogP contribution in [0.5, 0.6) is 11.5 Å². The van der Waals surface area contributed by atoms with Crippen LogP contribution in [0.1, 0.15) is 0 Å². The van der Waals surface area contributed by atoms with Crippen LogP contribution in [0.2, 0.25) is 0 Å². The monoisotopic (exact) mass is 382 g/mol. The third-order valence-corrected chi connectivity index (χ3v) is 5.40. The summed E-state index contributed by atoms with van der Waals surface area (Å²) >= 11 is -1.38. The van der Waals surface area contributed by atoms with E-state index < -0.39 is 18.1 Å². The minimum atomic E-state index is -1.38. The van der Waals surface area contributed by atoms with Crippen molar-refractivity contribution in [3.8, 4) is 22.6 Å². The second-order valence-corrected chi connectivity index (χ2v) is 6.95. The van der Waals surface area contributed by atoms with Crippen molar-refractivity contribution in [2.45, 2.75) is 0 Å². The fourth-order valence-corrected chi connectivity index (χ4v) is 3.94. The number of benzene rings is 3. The molecule has 0 atom stereocenters. The van der Waals surface area contributed by atoms with E-state index in [1.165, 1.54) is 5.56 Å². The first kappa shape index (κ1) is 15.8. The number of para-hydroxylation sites is 1. The fourth-order valence-electron chi connectivity index (χ4n) is 2.68. The molecule has 0 aliphatic rings. The first-order valence-corrected chi connectivity index (χ1v) is 10.0. The molecule has 0 unspecified atom stereocenters. The summed E-state index contributed by atoms with van der Waals surface area (Å²) in [7, 11) is 0. The normalized spacial score (nSPS) is 10.4. The van der Waals surface area contributed by atoms with E-state index in [1.807, 2.05) is 60.7 Å². The molecule has 25 heavy (non-hydrogen) atoms. The van der Waals surface area contributed by atoms with Crippen LogP contribution in [0.4, 0.5) is 0 Å². The van der Waals surface area contributed by atoms with Gasteiger partial charge in [-0.15, -0.1) is 0 Å². The van der Waals surface area contributed by atoms with Crippen LogP contribution < -0.4 is 7.06 Å². The van der Waals surface area contributed by atoms with E-state index in [4.69, 9.17) is 7.06 Å². The molecule has 4 aromatic rings.